The second-order valence-corrected chi connectivity index (χ2v) is 5.25. The fourth-order valence-corrected chi connectivity index (χ4v) is 2.21. The van der Waals surface area contributed by atoms with E-state index in [0.717, 1.165) is 0 Å². The summed E-state index contributed by atoms with van der Waals surface area (Å²) in [6.07, 6.45) is -0.0653. The van der Waals surface area contributed by atoms with Crippen LogP contribution >= 0.6 is 39.3 Å². The Morgan fingerprint density at radius 3 is 2.59 bits per heavy atom. The van der Waals surface area contributed by atoms with E-state index in [9.17, 15) is 18.0 Å². The first kappa shape index (κ1) is 14.9. The van der Waals surface area contributed by atoms with Crippen molar-refractivity contribution in [3.05, 3.63) is 28.8 Å². The van der Waals surface area contributed by atoms with Crippen LogP contribution in [0.15, 0.2) is 23.1 Å². The topological polar surface area (TPSA) is 17.1 Å². The number of ketones is 1. The fraction of sp³-hybridized carbons (Fsp3) is 0.300. The van der Waals surface area contributed by atoms with Crippen LogP contribution in [0.4, 0.5) is 13.2 Å². The van der Waals surface area contributed by atoms with E-state index in [4.69, 9.17) is 11.6 Å². The highest BCUT2D eigenvalue weighted by atomic mass is 79.9. The van der Waals surface area contributed by atoms with Gasteiger partial charge in [-0.25, -0.2) is 0 Å². The lowest BCUT2D eigenvalue weighted by atomic mass is 10.1. The standard InChI is InChI=1S/C10H7BrClF3OS/c11-5-8(16)4-6-3-7(12)1-2-9(6)17-10(13,14)15/h1-3H,4-5H2. The summed E-state index contributed by atoms with van der Waals surface area (Å²) in [6, 6.07) is 4.03. The molecule has 0 aromatic heterocycles. The van der Waals surface area contributed by atoms with Crippen LogP contribution < -0.4 is 0 Å². The summed E-state index contributed by atoms with van der Waals surface area (Å²) in [5.74, 6) is -0.198. The van der Waals surface area contributed by atoms with Gasteiger partial charge in [-0.1, -0.05) is 27.5 Å². The maximum Gasteiger partial charge on any atom is 0.446 e. The Hall–Kier alpha value is -0.200. The smallest absolute Gasteiger partial charge is 0.298 e. The molecule has 17 heavy (non-hydrogen) atoms. The zero-order valence-electron chi connectivity index (χ0n) is 8.35. The first-order valence-electron chi connectivity index (χ1n) is 4.43. The number of Topliss-reactive ketones (excluding diaryl/α,β-unsaturated/α-hetero) is 1. The Bertz CT molecular complexity index is 423. The molecule has 0 spiro atoms. The summed E-state index contributed by atoms with van der Waals surface area (Å²) in [5.41, 5.74) is -4.08. The molecule has 0 unspecified atom stereocenters. The van der Waals surface area contributed by atoms with E-state index >= 15 is 0 Å². The third kappa shape index (κ3) is 5.31. The molecule has 0 amide bonds. The maximum atomic E-state index is 12.3. The van der Waals surface area contributed by atoms with Crippen molar-refractivity contribution in [3.8, 4) is 0 Å². The van der Waals surface area contributed by atoms with Crippen LogP contribution in [0.5, 0.6) is 0 Å². The van der Waals surface area contributed by atoms with Crippen molar-refractivity contribution in [1.29, 1.82) is 0 Å². The molecule has 0 aliphatic rings. The Morgan fingerprint density at radius 1 is 1.41 bits per heavy atom. The molecule has 0 radical (unpaired) electrons. The van der Waals surface area contributed by atoms with Crippen molar-refractivity contribution in [2.75, 3.05) is 5.33 Å². The molecule has 1 aromatic carbocycles. The van der Waals surface area contributed by atoms with Crippen LogP contribution in [0, 0.1) is 0 Å². The second-order valence-electron chi connectivity index (χ2n) is 3.15. The van der Waals surface area contributed by atoms with Gasteiger partial charge in [0.1, 0.15) is 5.78 Å². The van der Waals surface area contributed by atoms with Gasteiger partial charge in [0.05, 0.1) is 5.33 Å². The third-order valence-electron chi connectivity index (χ3n) is 1.78. The molecule has 0 aliphatic carbocycles. The van der Waals surface area contributed by atoms with Crippen LogP contribution in [-0.4, -0.2) is 16.6 Å². The average Bonchev–Trinajstić information content (AvgIpc) is 2.20. The van der Waals surface area contributed by atoms with Gasteiger partial charge in [0.2, 0.25) is 0 Å². The van der Waals surface area contributed by atoms with E-state index in [0.29, 0.717) is 10.6 Å². The van der Waals surface area contributed by atoms with Gasteiger partial charge in [-0.2, -0.15) is 13.2 Å². The normalized spacial score (nSPS) is 11.6. The lowest BCUT2D eigenvalue weighted by Crippen LogP contribution is -2.07. The minimum atomic E-state index is -4.37. The summed E-state index contributed by atoms with van der Waals surface area (Å²) in [5, 5.41) is 0.421. The molecule has 0 saturated heterocycles. The van der Waals surface area contributed by atoms with Gasteiger partial charge in [0.15, 0.2) is 0 Å². The van der Waals surface area contributed by atoms with E-state index in [-0.39, 0.29) is 34.2 Å². The van der Waals surface area contributed by atoms with Crippen LogP contribution in [0.25, 0.3) is 0 Å². The molecule has 0 fully saturated rings. The van der Waals surface area contributed by atoms with Crippen molar-refractivity contribution in [2.24, 2.45) is 0 Å². The molecule has 0 saturated carbocycles. The molecule has 94 valence electrons. The molecule has 0 heterocycles. The molecular formula is C10H7BrClF3OS. The predicted molar refractivity (Wildman–Crippen MR) is 65.9 cm³/mol. The molecule has 0 N–H and O–H groups in total. The summed E-state index contributed by atoms with van der Waals surface area (Å²) in [7, 11) is 0. The monoisotopic (exact) mass is 346 g/mol. The number of hydrogen-bond donors (Lipinski definition) is 0. The number of carbonyl (C=O) groups is 1. The Labute approximate surface area is 114 Å². The van der Waals surface area contributed by atoms with Gasteiger partial charge in [0, 0.05) is 16.3 Å². The highest BCUT2D eigenvalue weighted by Gasteiger charge is 2.30. The fourth-order valence-electron chi connectivity index (χ4n) is 1.17. The zero-order valence-corrected chi connectivity index (χ0v) is 11.5. The van der Waals surface area contributed by atoms with Gasteiger partial charge < -0.3 is 0 Å². The Kier molecular flexibility index (Phi) is 5.34. The summed E-state index contributed by atoms with van der Waals surface area (Å²) in [4.78, 5) is 11.2. The molecule has 1 rings (SSSR count). The van der Waals surface area contributed by atoms with Gasteiger partial charge in [-0.3, -0.25) is 4.79 Å². The number of alkyl halides is 4. The van der Waals surface area contributed by atoms with Crippen LogP contribution in [-0.2, 0) is 11.2 Å². The lowest BCUT2D eigenvalue weighted by molar-refractivity contribution is -0.115. The first-order valence-corrected chi connectivity index (χ1v) is 6.75. The van der Waals surface area contributed by atoms with Crippen LogP contribution in [0.3, 0.4) is 0 Å². The van der Waals surface area contributed by atoms with Gasteiger partial charge in [0.25, 0.3) is 0 Å². The number of benzene rings is 1. The van der Waals surface area contributed by atoms with Crippen LogP contribution in [0.1, 0.15) is 5.56 Å². The SMILES string of the molecule is O=C(CBr)Cc1cc(Cl)ccc1SC(F)(F)F. The Balaban J connectivity index is 2.99. The summed E-state index contributed by atoms with van der Waals surface area (Å²) in [6.45, 7) is 0. The number of hydrogen-bond acceptors (Lipinski definition) is 2. The van der Waals surface area contributed by atoms with Crippen molar-refractivity contribution in [2.45, 2.75) is 16.8 Å². The van der Waals surface area contributed by atoms with Crippen molar-refractivity contribution in [1.82, 2.24) is 0 Å². The largest absolute Gasteiger partial charge is 0.446 e. The van der Waals surface area contributed by atoms with Crippen molar-refractivity contribution >= 4 is 45.1 Å². The number of thioether (sulfide) groups is 1. The minimum Gasteiger partial charge on any atom is -0.298 e. The highest BCUT2D eigenvalue weighted by molar-refractivity contribution is 9.09. The molecule has 7 heteroatoms. The number of rotatable bonds is 4. The second kappa shape index (κ2) is 6.11. The van der Waals surface area contributed by atoms with Gasteiger partial charge in [-0.05, 0) is 35.5 Å². The molecule has 0 bridgehead atoms. The number of carbonyl (C=O) groups excluding carboxylic acids is 1. The van der Waals surface area contributed by atoms with E-state index in [1.165, 1.54) is 18.2 Å². The van der Waals surface area contributed by atoms with Gasteiger partial charge >= 0.3 is 5.51 Å². The van der Waals surface area contributed by atoms with E-state index in [2.05, 4.69) is 15.9 Å². The quantitative estimate of drug-likeness (QED) is 0.591. The van der Waals surface area contributed by atoms with E-state index in [1.807, 2.05) is 0 Å². The highest BCUT2D eigenvalue weighted by Crippen LogP contribution is 2.39. The van der Waals surface area contributed by atoms with E-state index < -0.39 is 5.51 Å². The van der Waals surface area contributed by atoms with Crippen LogP contribution in [0.2, 0.25) is 5.02 Å². The molecular weight excluding hydrogens is 341 g/mol. The lowest BCUT2D eigenvalue weighted by Gasteiger charge is -2.10. The average molecular weight is 348 g/mol. The van der Waals surface area contributed by atoms with Gasteiger partial charge in [-0.15, -0.1) is 0 Å². The maximum absolute atomic E-state index is 12.3. The molecule has 0 aliphatic heterocycles. The van der Waals surface area contributed by atoms with Crippen molar-refractivity contribution < 1.29 is 18.0 Å². The van der Waals surface area contributed by atoms with E-state index in [1.54, 1.807) is 0 Å². The summed E-state index contributed by atoms with van der Waals surface area (Å²) >= 11 is 8.43. The Morgan fingerprint density at radius 2 is 2.06 bits per heavy atom. The molecule has 0 atom stereocenters. The third-order valence-corrected chi connectivity index (χ3v) is 3.50. The summed E-state index contributed by atoms with van der Waals surface area (Å²) < 4.78 is 36.8. The zero-order chi connectivity index (χ0) is 13.1. The number of halogens is 5. The minimum absolute atomic E-state index is 0.0104. The first-order chi connectivity index (χ1) is 7.81. The van der Waals surface area contributed by atoms with Crippen molar-refractivity contribution in [3.63, 3.8) is 0 Å². The predicted octanol–water partition coefficient (Wildman–Crippen LogP) is 4.46. The molecule has 1 aromatic rings. The molecule has 1 nitrogen and oxygen atoms in total.